The number of fused-ring (bicyclic) bond motifs is 1. The van der Waals surface area contributed by atoms with Crippen LogP contribution in [-0.2, 0) is 0 Å². The standard InChI is InChI=1S/C20H23ClN2O4/c1-5-8-23-19(22-15-9-12(21)6-7-13(15)20(23)24)14-10-17(26-3)18(27-4)11-16(14)25-2/h6-7,9-11,19,22H,5,8H2,1-4H3. The van der Waals surface area contributed by atoms with Crippen LogP contribution in [0.5, 0.6) is 17.2 Å². The second-order valence-corrected chi connectivity index (χ2v) is 6.62. The van der Waals surface area contributed by atoms with Gasteiger partial charge in [-0.25, -0.2) is 0 Å². The molecule has 1 unspecified atom stereocenters. The summed E-state index contributed by atoms with van der Waals surface area (Å²) in [6, 6.07) is 8.83. The summed E-state index contributed by atoms with van der Waals surface area (Å²) in [6.45, 7) is 2.63. The Bertz CT molecular complexity index is 856. The van der Waals surface area contributed by atoms with Crippen LogP contribution >= 0.6 is 11.6 Å². The van der Waals surface area contributed by atoms with Crippen LogP contribution in [0.4, 0.5) is 5.69 Å². The highest BCUT2D eigenvalue weighted by atomic mass is 35.5. The van der Waals surface area contributed by atoms with Gasteiger partial charge in [-0.1, -0.05) is 18.5 Å². The predicted octanol–water partition coefficient (Wildman–Crippen LogP) is 4.34. The third-order valence-corrected chi connectivity index (χ3v) is 4.81. The lowest BCUT2D eigenvalue weighted by Gasteiger charge is -2.38. The molecule has 144 valence electrons. The van der Waals surface area contributed by atoms with Gasteiger partial charge >= 0.3 is 0 Å². The van der Waals surface area contributed by atoms with Crippen molar-refractivity contribution in [2.24, 2.45) is 0 Å². The molecular formula is C20H23ClN2O4. The van der Waals surface area contributed by atoms with Gasteiger partial charge in [0.15, 0.2) is 11.5 Å². The molecule has 0 bridgehead atoms. The van der Waals surface area contributed by atoms with Gasteiger partial charge < -0.3 is 24.4 Å². The quantitative estimate of drug-likeness (QED) is 0.794. The van der Waals surface area contributed by atoms with Crippen LogP contribution in [0.1, 0.15) is 35.4 Å². The summed E-state index contributed by atoms with van der Waals surface area (Å²) in [5.41, 5.74) is 2.08. The molecule has 27 heavy (non-hydrogen) atoms. The number of halogens is 1. The molecule has 0 radical (unpaired) electrons. The van der Waals surface area contributed by atoms with Crippen molar-refractivity contribution < 1.29 is 19.0 Å². The molecule has 0 fully saturated rings. The van der Waals surface area contributed by atoms with E-state index in [2.05, 4.69) is 5.32 Å². The minimum atomic E-state index is -0.418. The van der Waals surface area contributed by atoms with Crippen LogP contribution in [0.3, 0.4) is 0 Å². The molecule has 0 aromatic heterocycles. The van der Waals surface area contributed by atoms with Crippen molar-refractivity contribution in [2.75, 3.05) is 33.2 Å². The van der Waals surface area contributed by atoms with E-state index in [1.54, 1.807) is 50.5 Å². The highest BCUT2D eigenvalue weighted by Crippen LogP contribution is 2.42. The maximum Gasteiger partial charge on any atom is 0.257 e. The van der Waals surface area contributed by atoms with Gasteiger partial charge in [-0.3, -0.25) is 4.79 Å². The Kier molecular flexibility index (Phi) is 5.65. The van der Waals surface area contributed by atoms with Gasteiger partial charge in [0, 0.05) is 23.2 Å². The van der Waals surface area contributed by atoms with Crippen molar-refractivity contribution in [1.29, 1.82) is 0 Å². The summed E-state index contributed by atoms with van der Waals surface area (Å²) < 4.78 is 16.4. The fourth-order valence-corrected chi connectivity index (χ4v) is 3.48. The zero-order valence-corrected chi connectivity index (χ0v) is 16.6. The molecule has 1 aliphatic rings. The van der Waals surface area contributed by atoms with E-state index < -0.39 is 6.17 Å². The van der Waals surface area contributed by atoms with Crippen molar-refractivity contribution in [3.8, 4) is 17.2 Å². The first-order valence-corrected chi connectivity index (χ1v) is 9.08. The lowest BCUT2D eigenvalue weighted by molar-refractivity contribution is 0.0681. The number of anilines is 1. The molecule has 6 nitrogen and oxygen atoms in total. The molecule has 1 aliphatic heterocycles. The number of methoxy groups -OCH3 is 3. The Hall–Kier alpha value is -2.60. The maximum absolute atomic E-state index is 13.1. The SMILES string of the molecule is CCCN1C(=O)c2ccc(Cl)cc2NC1c1cc(OC)c(OC)cc1OC. The molecule has 0 spiro atoms. The maximum atomic E-state index is 13.1. The number of benzene rings is 2. The first-order chi connectivity index (χ1) is 13.0. The van der Waals surface area contributed by atoms with Crippen molar-refractivity contribution in [2.45, 2.75) is 19.5 Å². The second kappa shape index (κ2) is 7.96. The number of nitrogens with zero attached hydrogens (tertiary/aromatic N) is 1. The van der Waals surface area contributed by atoms with E-state index in [1.165, 1.54) is 0 Å². The third-order valence-electron chi connectivity index (χ3n) is 4.57. The van der Waals surface area contributed by atoms with Crippen molar-refractivity contribution >= 4 is 23.2 Å². The number of carbonyl (C=O) groups excluding carboxylic acids is 1. The molecule has 1 amide bonds. The molecular weight excluding hydrogens is 368 g/mol. The van der Waals surface area contributed by atoms with Crippen LogP contribution in [0.2, 0.25) is 5.02 Å². The molecule has 1 N–H and O–H groups in total. The Morgan fingerprint density at radius 2 is 1.70 bits per heavy atom. The Morgan fingerprint density at radius 1 is 1.04 bits per heavy atom. The first kappa shape index (κ1) is 19.2. The topological polar surface area (TPSA) is 60.0 Å². The lowest BCUT2D eigenvalue weighted by atomic mass is 10.0. The van der Waals surface area contributed by atoms with E-state index in [1.807, 2.05) is 13.0 Å². The molecule has 2 aromatic carbocycles. The Balaban J connectivity index is 2.14. The number of amides is 1. The average Bonchev–Trinajstić information content (AvgIpc) is 2.68. The van der Waals surface area contributed by atoms with Crippen molar-refractivity contribution in [3.63, 3.8) is 0 Å². The van der Waals surface area contributed by atoms with Gasteiger partial charge in [-0.05, 0) is 30.7 Å². The fourth-order valence-electron chi connectivity index (χ4n) is 3.30. The second-order valence-electron chi connectivity index (χ2n) is 6.18. The van der Waals surface area contributed by atoms with E-state index in [0.29, 0.717) is 40.1 Å². The van der Waals surface area contributed by atoms with E-state index >= 15 is 0 Å². The molecule has 0 aliphatic carbocycles. The number of carbonyl (C=O) groups is 1. The molecule has 1 heterocycles. The molecule has 7 heteroatoms. The predicted molar refractivity (Wildman–Crippen MR) is 105 cm³/mol. The van der Waals surface area contributed by atoms with E-state index in [4.69, 9.17) is 25.8 Å². The molecule has 1 atom stereocenters. The first-order valence-electron chi connectivity index (χ1n) is 8.71. The highest BCUT2D eigenvalue weighted by molar-refractivity contribution is 6.31. The van der Waals surface area contributed by atoms with E-state index in [0.717, 1.165) is 12.0 Å². The monoisotopic (exact) mass is 390 g/mol. The number of hydrogen-bond donors (Lipinski definition) is 1. The third kappa shape index (κ3) is 3.49. The summed E-state index contributed by atoms with van der Waals surface area (Å²) >= 11 is 6.14. The molecule has 2 aromatic rings. The van der Waals surface area contributed by atoms with Crippen LogP contribution in [-0.4, -0.2) is 38.7 Å². The van der Waals surface area contributed by atoms with Gasteiger partial charge in [-0.15, -0.1) is 0 Å². The minimum Gasteiger partial charge on any atom is -0.496 e. The van der Waals surface area contributed by atoms with E-state index in [9.17, 15) is 4.79 Å². The number of rotatable bonds is 6. The summed E-state index contributed by atoms with van der Waals surface area (Å²) in [5, 5.41) is 3.99. The average molecular weight is 391 g/mol. The molecule has 0 saturated heterocycles. The zero-order valence-electron chi connectivity index (χ0n) is 15.8. The summed E-state index contributed by atoms with van der Waals surface area (Å²) in [7, 11) is 4.73. The van der Waals surface area contributed by atoms with Gasteiger partial charge in [0.05, 0.1) is 32.6 Å². The largest absolute Gasteiger partial charge is 0.496 e. The molecule has 0 saturated carbocycles. The molecule has 3 rings (SSSR count). The van der Waals surface area contributed by atoms with E-state index in [-0.39, 0.29) is 5.91 Å². The van der Waals surface area contributed by atoms with Crippen LogP contribution in [0, 0.1) is 0 Å². The van der Waals surface area contributed by atoms with Crippen LogP contribution in [0.25, 0.3) is 0 Å². The Morgan fingerprint density at radius 3 is 2.33 bits per heavy atom. The van der Waals surface area contributed by atoms with Gasteiger partial charge in [0.1, 0.15) is 11.9 Å². The fraction of sp³-hybridized carbons (Fsp3) is 0.350. The number of nitrogens with one attached hydrogen (secondary N) is 1. The van der Waals surface area contributed by atoms with Gasteiger partial charge in [0.25, 0.3) is 5.91 Å². The zero-order chi connectivity index (χ0) is 19.6. The Labute approximate surface area is 164 Å². The van der Waals surface area contributed by atoms with Crippen LogP contribution < -0.4 is 19.5 Å². The summed E-state index contributed by atoms with van der Waals surface area (Å²) in [4.78, 5) is 14.9. The number of ether oxygens (including phenoxy) is 3. The van der Waals surface area contributed by atoms with Gasteiger partial charge in [0.2, 0.25) is 0 Å². The smallest absolute Gasteiger partial charge is 0.257 e. The van der Waals surface area contributed by atoms with Crippen LogP contribution in [0.15, 0.2) is 30.3 Å². The van der Waals surface area contributed by atoms with Gasteiger partial charge in [-0.2, -0.15) is 0 Å². The summed E-state index contributed by atoms with van der Waals surface area (Å²) in [6.07, 6.45) is 0.404. The summed E-state index contributed by atoms with van der Waals surface area (Å²) in [5.74, 6) is 1.68. The number of hydrogen-bond acceptors (Lipinski definition) is 5. The lowest BCUT2D eigenvalue weighted by Crippen LogP contribution is -2.43. The normalized spacial score (nSPS) is 15.8. The van der Waals surface area contributed by atoms with Crippen molar-refractivity contribution in [3.05, 3.63) is 46.5 Å². The highest BCUT2D eigenvalue weighted by Gasteiger charge is 2.34. The van der Waals surface area contributed by atoms with Crippen molar-refractivity contribution in [1.82, 2.24) is 4.90 Å². The minimum absolute atomic E-state index is 0.0518.